The Balaban J connectivity index is 1.31. The lowest BCUT2D eigenvalue weighted by atomic mass is 9.92. The number of carbonyl (C=O) groups excluding carboxylic acids is 1. The van der Waals surface area contributed by atoms with E-state index in [9.17, 15) is 26.4 Å². The number of hydroxylamine groups is 1. The zero-order valence-electron chi connectivity index (χ0n) is 19.1. The lowest BCUT2D eigenvalue weighted by molar-refractivity contribution is -0.274. The molecule has 1 amide bonds. The number of hydrogen-bond acceptors (Lipinski definition) is 6. The Labute approximate surface area is 221 Å². The largest absolute Gasteiger partial charge is 0.573 e. The molecular formula is C23H22Cl2F3N3O5S. The molecule has 2 aromatic rings. The van der Waals surface area contributed by atoms with E-state index in [1.807, 2.05) is 6.07 Å². The van der Waals surface area contributed by atoms with Crippen LogP contribution in [0.1, 0.15) is 18.4 Å². The van der Waals surface area contributed by atoms with Crippen molar-refractivity contribution in [3.8, 4) is 5.75 Å². The molecule has 14 heteroatoms. The summed E-state index contributed by atoms with van der Waals surface area (Å²) in [6, 6.07) is 9.26. The average Bonchev–Trinajstić information content (AvgIpc) is 3.24. The lowest BCUT2D eigenvalue weighted by Crippen LogP contribution is -2.46. The molecule has 0 aliphatic carbocycles. The Morgan fingerprint density at radius 3 is 2.41 bits per heavy atom. The van der Waals surface area contributed by atoms with Gasteiger partial charge in [-0.25, -0.2) is 8.42 Å². The summed E-state index contributed by atoms with van der Waals surface area (Å²) >= 11 is 11.9. The Hall–Kier alpha value is -2.51. The summed E-state index contributed by atoms with van der Waals surface area (Å²) in [7, 11) is -3.94. The Morgan fingerprint density at radius 2 is 1.78 bits per heavy atom. The van der Waals surface area contributed by atoms with Crippen LogP contribution < -0.4 is 15.5 Å². The van der Waals surface area contributed by atoms with Gasteiger partial charge < -0.3 is 10.1 Å². The lowest BCUT2D eigenvalue weighted by Gasteiger charge is -2.35. The summed E-state index contributed by atoms with van der Waals surface area (Å²) in [5.74, 6) is -0.879. The van der Waals surface area contributed by atoms with Crippen molar-refractivity contribution in [2.45, 2.75) is 36.1 Å². The normalized spacial score (nSPS) is 17.8. The number of alkyl halides is 3. The second kappa shape index (κ2) is 10.7. The van der Waals surface area contributed by atoms with E-state index in [1.54, 1.807) is 18.2 Å². The van der Waals surface area contributed by atoms with E-state index >= 15 is 0 Å². The fourth-order valence-electron chi connectivity index (χ4n) is 4.02. The minimum atomic E-state index is -4.87. The molecule has 1 fully saturated rings. The van der Waals surface area contributed by atoms with Crippen molar-refractivity contribution >= 4 is 39.1 Å². The van der Waals surface area contributed by atoms with Crippen molar-refractivity contribution < 1.29 is 36.0 Å². The molecule has 0 aromatic heterocycles. The van der Waals surface area contributed by atoms with E-state index in [4.69, 9.17) is 28.0 Å². The number of halogens is 5. The Bertz CT molecular complexity index is 1300. The third-order valence-corrected chi connectivity index (χ3v) is 8.62. The van der Waals surface area contributed by atoms with E-state index in [-0.39, 0.29) is 42.4 Å². The molecule has 0 bridgehead atoms. The SMILES string of the molecule is O=C(NCCc1ccc(Cl)c(Cl)c1)C1=CC2(CCN(S(=O)(=O)c3ccc(OC(F)(F)F)cc3)CC2)ON1. The molecule has 200 valence electrons. The number of hydrogen-bond donors (Lipinski definition) is 2. The topological polar surface area (TPSA) is 97.0 Å². The zero-order valence-corrected chi connectivity index (χ0v) is 21.5. The molecule has 0 atom stereocenters. The number of nitrogens with one attached hydrogen (secondary N) is 2. The molecule has 0 saturated carbocycles. The number of piperidine rings is 1. The summed E-state index contributed by atoms with van der Waals surface area (Å²) in [5.41, 5.74) is 2.91. The maximum atomic E-state index is 12.9. The average molecular weight is 580 g/mol. The van der Waals surface area contributed by atoms with E-state index in [2.05, 4.69) is 15.5 Å². The first-order chi connectivity index (χ1) is 17.4. The number of rotatable bonds is 7. The molecule has 0 unspecified atom stereocenters. The monoisotopic (exact) mass is 579 g/mol. The summed E-state index contributed by atoms with van der Waals surface area (Å²) < 4.78 is 67.9. The highest BCUT2D eigenvalue weighted by molar-refractivity contribution is 7.89. The first kappa shape index (κ1) is 27.5. The maximum Gasteiger partial charge on any atom is 0.573 e. The van der Waals surface area contributed by atoms with Gasteiger partial charge in [0.25, 0.3) is 5.91 Å². The van der Waals surface area contributed by atoms with Crippen molar-refractivity contribution in [2.24, 2.45) is 0 Å². The van der Waals surface area contributed by atoms with Crippen LogP contribution in [0.25, 0.3) is 0 Å². The van der Waals surface area contributed by atoms with Crippen molar-refractivity contribution in [2.75, 3.05) is 19.6 Å². The standard InChI is InChI=1S/C23H22Cl2F3N3O5S/c24-18-6-1-15(13-19(18)25)7-10-29-21(32)20-14-22(36-30-20)8-11-31(12-9-22)37(33,34)17-4-2-16(3-5-17)35-23(26,27)28/h1-6,13-14,30H,7-12H2,(H,29,32). The second-order valence-electron chi connectivity index (χ2n) is 8.50. The van der Waals surface area contributed by atoms with Gasteiger partial charge in [0.2, 0.25) is 10.0 Å². The van der Waals surface area contributed by atoms with Gasteiger partial charge in [-0.1, -0.05) is 29.3 Å². The van der Waals surface area contributed by atoms with Gasteiger partial charge in [0, 0.05) is 19.6 Å². The first-order valence-corrected chi connectivity index (χ1v) is 13.3. The van der Waals surface area contributed by atoms with Gasteiger partial charge in [0.15, 0.2) is 0 Å². The predicted molar refractivity (Wildman–Crippen MR) is 129 cm³/mol. The van der Waals surface area contributed by atoms with Gasteiger partial charge in [0.05, 0.1) is 14.9 Å². The van der Waals surface area contributed by atoms with Crippen LogP contribution in [-0.4, -0.2) is 50.2 Å². The van der Waals surface area contributed by atoms with Crippen LogP contribution in [0.4, 0.5) is 13.2 Å². The van der Waals surface area contributed by atoms with E-state index in [1.165, 1.54) is 4.31 Å². The molecular weight excluding hydrogens is 558 g/mol. The van der Waals surface area contributed by atoms with Crippen LogP contribution >= 0.6 is 23.2 Å². The number of sulfonamides is 1. The van der Waals surface area contributed by atoms with Crippen LogP contribution in [-0.2, 0) is 26.1 Å². The van der Waals surface area contributed by atoms with Crippen LogP contribution in [0.3, 0.4) is 0 Å². The number of amides is 1. The van der Waals surface area contributed by atoms with Crippen molar-refractivity contribution in [3.05, 3.63) is 69.8 Å². The van der Waals surface area contributed by atoms with Gasteiger partial charge in [-0.05, 0) is 67.3 Å². The molecule has 1 spiro atoms. The quantitative estimate of drug-likeness (QED) is 0.510. The van der Waals surface area contributed by atoms with Crippen LogP contribution in [0.5, 0.6) is 5.75 Å². The summed E-state index contributed by atoms with van der Waals surface area (Å²) in [5, 5.41) is 3.67. The molecule has 2 heterocycles. The van der Waals surface area contributed by atoms with Crippen molar-refractivity contribution in [1.29, 1.82) is 0 Å². The molecule has 8 nitrogen and oxygen atoms in total. The van der Waals surface area contributed by atoms with E-state index in [0.29, 0.717) is 23.0 Å². The fourth-order valence-corrected chi connectivity index (χ4v) is 5.78. The molecule has 1 saturated heterocycles. The van der Waals surface area contributed by atoms with E-state index < -0.39 is 27.7 Å². The molecule has 2 N–H and O–H groups in total. The zero-order chi connectivity index (χ0) is 26.8. The number of carbonyl (C=O) groups is 1. The highest BCUT2D eigenvalue weighted by atomic mass is 35.5. The van der Waals surface area contributed by atoms with Crippen molar-refractivity contribution in [3.63, 3.8) is 0 Å². The van der Waals surface area contributed by atoms with Gasteiger partial charge >= 0.3 is 6.36 Å². The Morgan fingerprint density at radius 1 is 1.11 bits per heavy atom. The fraction of sp³-hybridized carbons (Fsp3) is 0.348. The van der Waals surface area contributed by atoms with Crippen molar-refractivity contribution in [1.82, 2.24) is 15.1 Å². The third kappa shape index (κ3) is 6.68. The molecule has 2 aliphatic rings. The molecule has 0 radical (unpaired) electrons. The van der Waals surface area contributed by atoms with Gasteiger partial charge in [-0.3, -0.25) is 15.1 Å². The van der Waals surface area contributed by atoms with Crippen LogP contribution in [0, 0.1) is 0 Å². The third-order valence-electron chi connectivity index (χ3n) is 5.96. The smallest absolute Gasteiger partial charge is 0.406 e. The minimum absolute atomic E-state index is 0.0908. The first-order valence-electron chi connectivity index (χ1n) is 11.1. The highest BCUT2D eigenvalue weighted by Gasteiger charge is 2.42. The Kier molecular flexibility index (Phi) is 7.96. The van der Waals surface area contributed by atoms with E-state index in [0.717, 1.165) is 29.8 Å². The number of ether oxygens (including phenoxy) is 1. The van der Waals surface area contributed by atoms with Crippen LogP contribution in [0.2, 0.25) is 10.0 Å². The maximum absolute atomic E-state index is 12.9. The predicted octanol–water partition coefficient (Wildman–Crippen LogP) is 4.19. The molecule has 4 rings (SSSR count). The summed E-state index contributed by atoms with van der Waals surface area (Å²) in [6.07, 6.45) is -2.14. The van der Waals surface area contributed by atoms with Gasteiger partial charge in [-0.15, -0.1) is 13.2 Å². The minimum Gasteiger partial charge on any atom is -0.406 e. The number of nitrogens with zero attached hydrogens (tertiary/aromatic N) is 1. The van der Waals surface area contributed by atoms with Gasteiger partial charge in [-0.2, -0.15) is 4.31 Å². The summed E-state index contributed by atoms with van der Waals surface area (Å²) in [4.78, 5) is 18.1. The molecule has 2 aromatic carbocycles. The molecule has 37 heavy (non-hydrogen) atoms. The second-order valence-corrected chi connectivity index (χ2v) is 11.3. The molecule has 2 aliphatic heterocycles. The summed E-state index contributed by atoms with van der Waals surface area (Å²) in [6.45, 7) is 0.530. The number of benzene rings is 2. The highest BCUT2D eigenvalue weighted by Crippen LogP contribution is 2.34. The van der Waals surface area contributed by atoms with Gasteiger partial charge in [0.1, 0.15) is 17.0 Å². The van der Waals surface area contributed by atoms with Crippen LogP contribution in [0.15, 0.2) is 59.1 Å².